The highest BCUT2D eigenvalue weighted by Crippen LogP contribution is 2.46. The monoisotopic (exact) mass is 464 g/mol. The minimum absolute atomic E-state index is 0.181. The highest BCUT2D eigenvalue weighted by Gasteiger charge is 2.47. The van der Waals surface area contributed by atoms with Gasteiger partial charge >= 0.3 is 5.97 Å². The second-order valence-corrected chi connectivity index (χ2v) is 9.13. The van der Waals surface area contributed by atoms with Gasteiger partial charge in [0.2, 0.25) is 0 Å². The number of halogens is 1. The summed E-state index contributed by atoms with van der Waals surface area (Å²) in [5.74, 6) is 0.887. The summed E-state index contributed by atoms with van der Waals surface area (Å²) in [7, 11) is 0. The van der Waals surface area contributed by atoms with E-state index >= 15 is 0 Å². The lowest BCUT2D eigenvalue weighted by Crippen LogP contribution is -2.51. The predicted octanol–water partition coefficient (Wildman–Crippen LogP) is 4.63. The fourth-order valence-corrected chi connectivity index (χ4v) is 5.55. The molecule has 33 heavy (non-hydrogen) atoms. The number of nitrogens with one attached hydrogen (secondary N) is 2. The normalized spacial score (nSPS) is 24.3. The van der Waals surface area contributed by atoms with Gasteiger partial charge in [-0.1, -0.05) is 11.6 Å². The number of hydrogen-bond donors (Lipinski definition) is 3. The maximum absolute atomic E-state index is 12.1. The first kappa shape index (κ1) is 20.2. The Kier molecular flexibility index (Phi) is 4.79. The summed E-state index contributed by atoms with van der Waals surface area (Å²) in [6, 6.07) is 5.24. The fourth-order valence-electron chi connectivity index (χ4n) is 5.42. The van der Waals surface area contributed by atoms with Crippen molar-refractivity contribution in [1.82, 2.24) is 24.9 Å². The van der Waals surface area contributed by atoms with E-state index in [9.17, 15) is 9.90 Å². The zero-order valence-electron chi connectivity index (χ0n) is 17.5. The van der Waals surface area contributed by atoms with Crippen LogP contribution in [-0.2, 0) is 4.79 Å². The lowest BCUT2D eigenvalue weighted by Gasteiger charge is -2.47. The van der Waals surface area contributed by atoms with Crippen molar-refractivity contribution in [1.29, 1.82) is 0 Å². The van der Waals surface area contributed by atoms with E-state index in [1.165, 1.54) is 6.20 Å². The van der Waals surface area contributed by atoms with Crippen LogP contribution in [0, 0.1) is 17.8 Å². The van der Waals surface area contributed by atoms with Gasteiger partial charge in [0.15, 0.2) is 17.2 Å². The summed E-state index contributed by atoms with van der Waals surface area (Å²) in [6.45, 7) is 0. The van der Waals surface area contributed by atoms with Gasteiger partial charge < -0.3 is 19.8 Å². The Bertz CT molecular complexity index is 1330. The highest BCUT2D eigenvalue weighted by molar-refractivity contribution is 6.29. The molecule has 0 aromatic carbocycles. The second-order valence-electron chi connectivity index (χ2n) is 8.74. The number of hydrogen-bond acceptors (Lipinski definition) is 7. The molecule has 4 aromatic heterocycles. The molecule has 7 rings (SSSR count). The minimum Gasteiger partial charge on any atom is -0.481 e. The first-order chi connectivity index (χ1) is 16.1. The van der Waals surface area contributed by atoms with Crippen LogP contribution in [0.2, 0.25) is 5.15 Å². The number of carboxylic acid groups (broad SMARTS) is 1. The molecule has 10 heteroatoms. The maximum Gasteiger partial charge on any atom is 0.308 e. The van der Waals surface area contributed by atoms with Crippen LogP contribution in [0.1, 0.15) is 25.7 Å². The van der Waals surface area contributed by atoms with Crippen molar-refractivity contribution in [3.63, 3.8) is 0 Å². The van der Waals surface area contributed by atoms with Crippen molar-refractivity contribution in [2.45, 2.75) is 31.7 Å². The summed E-state index contributed by atoms with van der Waals surface area (Å²) in [6.07, 6.45) is 8.82. The molecule has 4 heterocycles. The Hall–Kier alpha value is -3.46. The van der Waals surface area contributed by atoms with E-state index in [2.05, 4.69) is 20.3 Å². The number of rotatable bonds is 5. The predicted molar refractivity (Wildman–Crippen MR) is 122 cm³/mol. The van der Waals surface area contributed by atoms with Crippen molar-refractivity contribution in [2.24, 2.45) is 17.8 Å². The average molecular weight is 465 g/mol. The van der Waals surface area contributed by atoms with Crippen LogP contribution in [0.5, 0.6) is 0 Å². The van der Waals surface area contributed by atoms with Crippen LogP contribution in [0.3, 0.4) is 0 Å². The third-order valence-corrected chi connectivity index (χ3v) is 7.09. The average Bonchev–Trinajstić information content (AvgIpc) is 3.49. The van der Waals surface area contributed by atoms with Gasteiger partial charge in [0.1, 0.15) is 22.2 Å². The number of anilines is 1. The summed E-state index contributed by atoms with van der Waals surface area (Å²) in [4.78, 5) is 33.3. The smallest absolute Gasteiger partial charge is 0.308 e. The van der Waals surface area contributed by atoms with Gasteiger partial charge in [0.25, 0.3) is 0 Å². The van der Waals surface area contributed by atoms with E-state index in [1.54, 1.807) is 24.6 Å². The molecule has 3 aliphatic carbocycles. The number of furan rings is 1. The lowest BCUT2D eigenvalue weighted by atomic mass is 9.61. The molecule has 3 N–H and O–H groups in total. The Morgan fingerprint density at radius 1 is 1.18 bits per heavy atom. The molecule has 4 aromatic rings. The molecule has 168 valence electrons. The molecule has 3 saturated carbocycles. The van der Waals surface area contributed by atoms with Gasteiger partial charge in [-0.25, -0.2) is 19.9 Å². The number of aromatic nitrogens is 5. The molecule has 0 amide bonds. The summed E-state index contributed by atoms with van der Waals surface area (Å²) < 4.78 is 5.58. The quantitative estimate of drug-likeness (QED) is 0.389. The summed E-state index contributed by atoms with van der Waals surface area (Å²) in [5, 5.41) is 13.7. The van der Waals surface area contributed by atoms with Gasteiger partial charge in [0, 0.05) is 18.3 Å². The Labute approximate surface area is 193 Å². The largest absolute Gasteiger partial charge is 0.481 e. The van der Waals surface area contributed by atoms with E-state index in [4.69, 9.17) is 26.0 Å². The van der Waals surface area contributed by atoms with Gasteiger partial charge in [-0.3, -0.25) is 4.79 Å². The SMILES string of the molecule is O=C(O)C1C2CCC(CC2)C1Nc1cc(-c2ccco2)nc(-c2c[nH]c3ncc(Cl)nc23)n1. The molecular weight excluding hydrogens is 444 g/mol. The number of aromatic amines is 1. The molecule has 3 fully saturated rings. The first-order valence-corrected chi connectivity index (χ1v) is 11.4. The van der Waals surface area contributed by atoms with Crippen molar-refractivity contribution >= 4 is 34.6 Å². The van der Waals surface area contributed by atoms with Crippen molar-refractivity contribution in [2.75, 3.05) is 5.32 Å². The number of H-pyrrole nitrogens is 1. The third-order valence-electron chi connectivity index (χ3n) is 6.91. The van der Waals surface area contributed by atoms with Gasteiger partial charge in [-0.15, -0.1) is 0 Å². The Balaban J connectivity index is 1.45. The Morgan fingerprint density at radius 2 is 2.00 bits per heavy atom. The molecule has 2 atom stereocenters. The zero-order chi connectivity index (χ0) is 22.5. The first-order valence-electron chi connectivity index (χ1n) is 11.0. The van der Waals surface area contributed by atoms with Crippen molar-refractivity contribution in [3.05, 3.63) is 42.0 Å². The van der Waals surface area contributed by atoms with E-state index in [-0.39, 0.29) is 17.1 Å². The Morgan fingerprint density at radius 3 is 2.76 bits per heavy atom. The van der Waals surface area contributed by atoms with Crippen LogP contribution < -0.4 is 5.32 Å². The number of fused-ring (bicyclic) bond motifs is 4. The van der Waals surface area contributed by atoms with E-state index in [0.29, 0.717) is 45.7 Å². The van der Waals surface area contributed by atoms with Crippen molar-refractivity contribution < 1.29 is 14.3 Å². The summed E-state index contributed by atoms with van der Waals surface area (Å²) >= 11 is 6.08. The number of carbonyl (C=O) groups is 1. The zero-order valence-corrected chi connectivity index (χ0v) is 18.3. The van der Waals surface area contributed by atoms with Crippen LogP contribution >= 0.6 is 11.6 Å². The van der Waals surface area contributed by atoms with Crippen LogP contribution in [0.25, 0.3) is 34.0 Å². The molecule has 3 aliphatic rings. The second kappa shape index (κ2) is 7.84. The molecule has 0 saturated heterocycles. The topological polar surface area (TPSA) is 130 Å². The molecule has 0 radical (unpaired) electrons. The van der Waals surface area contributed by atoms with Crippen LogP contribution in [-0.4, -0.2) is 42.0 Å². The number of carboxylic acids is 1. The number of nitrogens with zero attached hydrogens (tertiary/aromatic N) is 4. The number of aliphatic carboxylic acids is 1. The van der Waals surface area contributed by atoms with Gasteiger partial charge in [0.05, 0.1) is 23.9 Å². The minimum atomic E-state index is -0.746. The summed E-state index contributed by atoms with van der Waals surface area (Å²) in [5.41, 5.74) is 2.37. The lowest BCUT2D eigenvalue weighted by molar-refractivity contribution is -0.148. The van der Waals surface area contributed by atoms with Crippen LogP contribution in [0.15, 0.2) is 41.3 Å². The van der Waals surface area contributed by atoms with E-state index in [1.807, 2.05) is 6.07 Å². The fraction of sp³-hybridized carbons (Fsp3) is 0.348. The third kappa shape index (κ3) is 3.52. The van der Waals surface area contributed by atoms with E-state index in [0.717, 1.165) is 25.7 Å². The molecule has 0 aliphatic heterocycles. The maximum atomic E-state index is 12.1. The molecule has 0 spiro atoms. The molecular formula is C23H21ClN6O3. The molecule has 2 bridgehead atoms. The van der Waals surface area contributed by atoms with Gasteiger partial charge in [-0.2, -0.15) is 0 Å². The van der Waals surface area contributed by atoms with Crippen molar-refractivity contribution in [3.8, 4) is 22.8 Å². The molecule has 9 nitrogen and oxygen atoms in total. The van der Waals surface area contributed by atoms with E-state index < -0.39 is 11.9 Å². The highest BCUT2D eigenvalue weighted by atomic mass is 35.5. The van der Waals surface area contributed by atoms with Gasteiger partial charge in [-0.05, 0) is 49.7 Å². The van der Waals surface area contributed by atoms with Crippen LogP contribution in [0.4, 0.5) is 5.82 Å². The molecule has 2 unspecified atom stereocenters. The standard InChI is InChI=1S/C23H21ClN6O3/c24-16-10-26-22-20(28-16)13(9-25-22)21-27-14(15-2-1-7-33-15)8-17(30-21)29-19-12-5-3-11(4-6-12)18(19)23(31)32/h1-2,7-12,18-19H,3-6H2,(H,25,26)(H,31,32)(H,27,29,30).